The minimum Gasteiger partial charge on any atom is -0.444 e. The predicted octanol–water partition coefficient (Wildman–Crippen LogP) is 2.32. The second kappa shape index (κ2) is 9.17. The van der Waals surface area contributed by atoms with E-state index in [4.69, 9.17) is 4.74 Å². The molecule has 0 spiro atoms. The molecule has 1 N–H and O–H groups in total. The molecule has 29 heavy (non-hydrogen) atoms. The molecular weight excluding hydrogens is 383 g/mol. The van der Waals surface area contributed by atoms with Crippen LogP contribution in [0.3, 0.4) is 0 Å². The molecule has 0 aromatic heterocycles. The third-order valence-corrected chi connectivity index (χ3v) is 4.51. The first-order chi connectivity index (χ1) is 13.5. The van der Waals surface area contributed by atoms with Crippen LogP contribution >= 0.6 is 0 Å². The topological polar surface area (TPSA) is 105 Å². The predicted molar refractivity (Wildman–Crippen MR) is 104 cm³/mol. The number of carbonyl (C=O) groups is 2. The molecule has 0 unspecified atom stereocenters. The van der Waals surface area contributed by atoms with E-state index in [1.165, 1.54) is 6.92 Å². The number of hydrogen-bond acceptors (Lipinski definition) is 6. The van der Waals surface area contributed by atoms with Crippen molar-refractivity contribution in [1.29, 1.82) is 0 Å². The van der Waals surface area contributed by atoms with Crippen LogP contribution in [0.15, 0.2) is 12.1 Å². The first kappa shape index (κ1) is 22.5. The summed E-state index contributed by atoms with van der Waals surface area (Å²) in [6.45, 7) is 9.93. The fourth-order valence-corrected chi connectivity index (χ4v) is 2.90. The summed E-state index contributed by atoms with van der Waals surface area (Å²) in [5.74, 6) is -1.36. The van der Waals surface area contributed by atoms with Crippen molar-refractivity contribution in [3.8, 4) is 0 Å². The van der Waals surface area contributed by atoms with Crippen molar-refractivity contribution >= 4 is 17.7 Å². The van der Waals surface area contributed by atoms with Crippen LogP contribution in [0, 0.1) is 22.9 Å². The number of nitro groups is 1. The lowest BCUT2D eigenvalue weighted by Gasteiger charge is -2.35. The Bertz CT molecular complexity index is 786. The van der Waals surface area contributed by atoms with Gasteiger partial charge in [-0.05, 0) is 33.8 Å². The second-order valence-electron chi connectivity index (χ2n) is 7.92. The lowest BCUT2D eigenvalue weighted by atomic mass is 10.1. The Kier molecular flexibility index (Phi) is 7.12. The van der Waals surface area contributed by atoms with Gasteiger partial charge in [-0.15, -0.1) is 0 Å². The number of ether oxygens (including phenoxy) is 1. The molecule has 160 valence electrons. The number of halogens is 1. The molecule has 0 radical (unpaired) electrons. The van der Waals surface area contributed by atoms with E-state index < -0.39 is 27.9 Å². The molecule has 1 aliphatic heterocycles. The number of amides is 2. The van der Waals surface area contributed by atoms with Gasteiger partial charge in [0.1, 0.15) is 11.4 Å². The fourth-order valence-electron chi connectivity index (χ4n) is 2.90. The number of rotatable bonds is 5. The first-order valence-corrected chi connectivity index (χ1v) is 9.41. The summed E-state index contributed by atoms with van der Waals surface area (Å²) in [7, 11) is 0. The number of benzene rings is 1. The molecule has 1 aliphatic rings. The SMILES string of the molecule is Cc1c(F)cc(C(=O)NCCN2CCN(C(=O)OC(C)(C)C)CC2)cc1[N+](=O)[O-]. The zero-order valence-electron chi connectivity index (χ0n) is 17.2. The Labute approximate surface area is 168 Å². The molecule has 1 fully saturated rings. The van der Waals surface area contributed by atoms with E-state index in [1.54, 1.807) is 4.90 Å². The van der Waals surface area contributed by atoms with Crippen LogP contribution in [0.1, 0.15) is 36.7 Å². The Morgan fingerprint density at radius 1 is 1.24 bits per heavy atom. The number of nitrogens with one attached hydrogen (secondary N) is 1. The molecule has 0 aliphatic carbocycles. The maximum atomic E-state index is 13.8. The largest absolute Gasteiger partial charge is 0.444 e. The lowest BCUT2D eigenvalue weighted by Crippen LogP contribution is -2.51. The van der Waals surface area contributed by atoms with Crippen molar-refractivity contribution in [2.24, 2.45) is 0 Å². The highest BCUT2D eigenvalue weighted by Crippen LogP contribution is 2.22. The van der Waals surface area contributed by atoms with E-state index >= 15 is 0 Å². The van der Waals surface area contributed by atoms with Gasteiger partial charge in [-0.1, -0.05) is 0 Å². The molecule has 0 bridgehead atoms. The Morgan fingerprint density at radius 3 is 2.41 bits per heavy atom. The average Bonchev–Trinajstić information content (AvgIpc) is 2.62. The van der Waals surface area contributed by atoms with Gasteiger partial charge in [-0.3, -0.25) is 19.8 Å². The average molecular weight is 410 g/mol. The number of piperazine rings is 1. The summed E-state index contributed by atoms with van der Waals surface area (Å²) in [4.78, 5) is 38.3. The Hall–Kier alpha value is -2.75. The highest BCUT2D eigenvalue weighted by atomic mass is 19.1. The normalized spacial score (nSPS) is 15.1. The molecule has 1 aromatic carbocycles. The summed E-state index contributed by atoms with van der Waals surface area (Å²) in [5, 5.41) is 13.6. The van der Waals surface area contributed by atoms with E-state index in [0.717, 1.165) is 12.1 Å². The molecule has 9 nitrogen and oxygen atoms in total. The minimum atomic E-state index is -0.789. The molecule has 0 atom stereocenters. The standard InChI is InChI=1S/C19H27FN4O5/c1-13-15(20)11-14(12-16(13)24(27)28)17(25)21-5-6-22-7-9-23(10-8-22)18(26)29-19(2,3)4/h11-12H,5-10H2,1-4H3,(H,21,25). The first-order valence-electron chi connectivity index (χ1n) is 9.41. The molecule has 2 rings (SSSR count). The van der Waals surface area contributed by atoms with Gasteiger partial charge >= 0.3 is 6.09 Å². The Balaban J connectivity index is 1.81. The number of hydrogen-bond donors (Lipinski definition) is 1. The zero-order chi connectivity index (χ0) is 21.8. The summed E-state index contributed by atoms with van der Waals surface area (Å²) in [6.07, 6.45) is -0.339. The number of carbonyl (C=O) groups excluding carboxylic acids is 2. The van der Waals surface area contributed by atoms with Crippen molar-refractivity contribution in [3.63, 3.8) is 0 Å². The van der Waals surface area contributed by atoms with Gasteiger partial charge in [0.15, 0.2) is 0 Å². The van der Waals surface area contributed by atoms with Gasteiger partial charge < -0.3 is 15.0 Å². The van der Waals surface area contributed by atoms with E-state index in [-0.39, 0.29) is 17.2 Å². The second-order valence-corrected chi connectivity index (χ2v) is 7.92. The molecular formula is C19H27FN4O5. The quantitative estimate of drug-likeness (QED) is 0.590. The molecule has 1 saturated heterocycles. The van der Waals surface area contributed by atoms with Crippen molar-refractivity contribution in [1.82, 2.24) is 15.1 Å². The number of nitrogens with zero attached hydrogens (tertiary/aromatic N) is 3. The Morgan fingerprint density at radius 2 is 1.86 bits per heavy atom. The minimum absolute atomic E-state index is 0.0884. The highest BCUT2D eigenvalue weighted by molar-refractivity contribution is 5.95. The van der Waals surface area contributed by atoms with Crippen molar-refractivity contribution < 1.29 is 23.6 Å². The van der Waals surface area contributed by atoms with Crippen LogP contribution in [-0.4, -0.2) is 71.6 Å². The smallest absolute Gasteiger partial charge is 0.410 e. The van der Waals surface area contributed by atoms with E-state index in [0.29, 0.717) is 39.3 Å². The van der Waals surface area contributed by atoms with E-state index in [2.05, 4.69) is 10.2 Å². The lowest BCUT2D eigenvalue weighted by molar-refractivity contribution is -0.385. The van der Waals surface area contributed by atoms with Crippen LogP contribution in [0.5, 0.6) is 0 Å². The van der Waals surface area contributed by atoms with Gasteiger partial charge in [-0.2, -0.15) is 0 Å². The molecule has 1 heterocycles. The summed E-state index contributed by atoms with van der Waals surface area (Å²) < 4.78 is 19.2. The van der Waals surface area contributed by atoms with Gasteiger partial charge in [0.05, 0.1) is 10.5 Å². The van der Waals surface area contributed by atoms with Crippen molar-refractivity contribution in [2.75, 3.05) is 39.3 Å². The van der Waals surface area contributed by atoms with Crippen molar-refractivity contribution in [2.45, 2.75) is 33.3 Å². The number of nitro benzene ring substituents is 1. The van der Waals surface area contributed by atoms with Gasteiger partial charge in [-0.25, -0.2) is 9.18 Å². The summed E-state index contributed by atoms with van der Waals surface area (Å²) >= 11 is 0. The molecule has 10 heteroatoms. The van der Waals surface area contributed by atoms with Crippen LogP contribution in [0.2, 0.25) is 0 Å². The molecule has 0 saturated carbocycles. The molecule has 2 amide bonds. The fraction of sp³-hybridized carbons (Fsp3) is 0.579. The zero-order valence-corrected chi connectivity index (χ0v) is 17.2. The van der Waals surface area contributed by atoms with Gasteiger partial charge in [0, 0.05) is 50.9 Å². The van der Waals surface area contributed by atoms with Crippen LogP contribution in [-0.2, 0) is 4.74 Å². The molecule has 1 aromatic rings. The summed E-state index contributed by atoms with van der Waals surface area (Å²) in [6, 6.07) is 2.07. The third-order valence-electron chi connectivity index (χ3n) is 4.51. The van der Waals surface area contributed by atoms with Crippen molar-refractivity contribution in [3.05, 3.63) is 39.2 Å². The van der Waals surface area contributed by atoms with Crippen LogP contribution in [0.25, 0.3) is 0 Å². The summed E-state index contributed by atoms with van der Waals surface area (Å²) in [5.41, 5.74) is -1.15. The van der Waals surface area contributed by atoms with Gasteiger partial charge in [0.25, 0.3) is 11.6 Å². The van der Waals surface area contributed by atoms with E-state index in [9.17, 15) is 24.1 Å². The van der Waals surface area contributed by atoms with E-state index in [1.807, 2.05) is 20.8 Å². The van der Waals surface area contributed by atoms with Crippen LogP contribution < -0.4 is 5.32 Å². The van der Waals surface area contributed by atoms with Gasteiger partial charge in [0.2, 0.25) is 0 Å². The maximum Gasteiger partial charge on any atom is 0.410 e. The van der Waals surface area contributed by atoms with Crippen LogP contribution in [0.4, 0.5) is 14.9 Å². The maximum absolute atomic E-state index is 13.8. The third kappa shape index (κ3) is 6.38. The highest BCUT2D eigenvalue weighted by Gasteiger charge is 2.26. The monoisotopic (exact) mass is 410 g/mol.